The third kappa shape index (κ3) is 2.15. The Hall–Kier alpha value is -2.07. The maximum absolute atomic E-state index is 10.4. The lowest BCUT2D eigenvalue weighted by molar-refractivity contribution is 0.213. The molecule has 0 fully saturated rings. The van der Waals surface area contributed by atoms with E-state index in [0.717, 1.165) is 0 Å². The fourth-order valence-corrected chi connectivity index (χ4v) is 2.18. The Labute approximate surface area is 112 Å². The molecule has 3 N–H and O–H groups in total. The summed E-state index contributed by atoms with van der Waals surface area (Å²) in [6.07, 6.45) is 2.13. The summed E-state index contributed by atoms with van der Waals surface area (Å²) in [5.41, 5.74) is 2.58. The average molecular weight is 259 g/mol. The minimum absolute atomic E-state index is 0.0177. The van der Waals surface area contributed by atoms with Crippen molar-refractivity contribution in [2.75, 3.05) is 0 Å². The zero-order chi connectivity index (χ0) is 14.2. The maximum Gasteiger partial charge on any atom is 0.125 e. The highest BCUT2D eigenvalue weighted by Crippen LogP contribution is 2.41. The van der Waals surface area contributed by atoms with Crippen molar-refractivity contribution >= 4 is 0 Å². The van der Waals surface area contributed by atoms with Crippen LogP contribution in [-0.2, 0) is 0 Å². The predicted molar refractivity (Wildman–Crippen MR) is 72.3 cm³/mol. The number of phenols is 2. The second-order valence-corrected chi connectivity index (χ2v) is 4.67. The van der Waals surface area contributed by atoms with Gasteiger partial charge in [0.1, 0.15) is 17.6 Å². The minimum Gasteiger partial charge on any atom is -0.507 e. The van der Waals surface area contributed by atoms with E-state index in [4.69, 9.17) is 0 Å². The van der Waals surface area contributed by atoms with Crippen molar-refractivity contribution in [1.29, 1.82) is 0 Å². The van der Waals surface area contributed by atoms with Crippen LogP contribution in [-0.4, -0.2) is 20.3 Å². The number of hydrogen-bond acceptors (Lipinski definition) is 4. The molecule has 1 heterocycles. The molecule has 0 aliphatic heterocycles. The van der Waals surface area contributed by atoms with Crippen LogP contribution in [0.3, 0.4) is 0 Å². The van der Waals surface area contributed by atoms with Crippen LogP contribution in [0.15, 0.2) is 24.5 Å². The number of aliphatic hydroxyl groups is 1. The van der Waals surface area contributed by atoms with Gasteiger partial charge in [-0.2, -0.15) is 0 Å². The quantitative estimate of drug-likeness (QED) is 0.724. The van der Waals surface area contributed by atoms with E-state index in [1.165, 1.54) is 6.20 Å². The van der Waals surface area contributed by atoms with Crippen molar-refractivity contribution in [3.63, 3.8) is 0 Å². The summed E-state index contributed by atoms with van der Waals surface area (Å²) in [6.45, 7) is 5.12. The number of aromatic hydroxyl groups is 2. The highest BCUT2D eigenvalue weighted by molar-refractivity contribution is 5.58. The molecule has 100 valence electrons. The summed E-state index contributed by atoms with van der Waals surface area (Å²) in [5.74, 6) is 0.123. The van der Waals surface area contributed by atoms with Gasteiger partial charge in [0.25, 0.3) is 0 Å². The third-order valence-electron chi connectivity index (χ3n) is 3.56. The van der Waals surface area contributed by atoms with Crippen molar-refractivity contribution in [3.8, 4) is 11.5 Å². The summed E-state index contributed by atoms with van der Waals surface area (Å²) >= 11 is 0. The summed E-state index contributed by atoms with van der Waals surface area (Å²) in [7, 11) is 0. The topological polar surface area (TPSA) is 73.6 Å². The molecular formula is C15H17NO3. The second-order valence-electron chi connectivity index (χ2n) is 4.67. The average Bonchev–Trinajstić information content (AvgIpc) is 2.44. The normalized spacial score (nSPS) is 12.4. The molecule has 19 heavy (non-hydrogen) atoms. The monoisotopic (exact) mass is 259 g/mol. The fraction of sp³-hybridized carbons (Fsp3) is 0.267. The van der Waals surface area contributed by atoms with E-state index in [2.05, 4.69) is 4.98 Å². The molecule has 0 bridgehead atoms. The van der Waals surface area contributed by atoms with E-state index in [-0.39, 0.29) is 11.5 Å². The first-order valence-corrected chi connectivity index (χ1v) is 6.04. The number of hydrogen-bond donors (Lipinski definition) is 3. The lowest BCUT2D eigenvalue weighted by Crippen LogP contribution is -2.05. The minimum atomic E-state index is -1.01. The summed E-state index contributed by atoms with van der Waals surface area (Å²) in [5, 5.41) is 30.7. The molecule has 4 heteroatoms. The zero-order valence-corrected chi connectivity index (χ0v) is 11.2. The molecule has 1 aromatic carbocycles. The molecule has 0 spiro atoms. The molecule has 0 aliphatic carbocycles. The van der Waals surface area contributed by atoms with Gasteiger partial charge in [0.2, 0.25) is 0 Å². The second kappa shape index (κ2) is 4.90. The van der Waals surface area contributed by atoms with Gasteiger partial charge in [0.05, 0.1) is 0 Å². The number of aromatic nitrogens is 1. The van der Waals surface area contributed by atoms with Gasteiger partial charge in [-0.05, 0) is 38.0 Å². The van der Waals surface area contributed by atoms with Crippen LogP contribution in [0.4, 0.5) is 0 Å². The predicted octanol–water partition coefficient (Wildman–Crippen LogP) is 2.50. The van der Waals surface area contributed by atoms with Gasteiger partial charge in [-0.1, -0.05) is 6.07 Å². The first-order valence-electron chi connectivity index (χ1n) is 6.04. The van der Waals surface area contributed by atoms with E-state index in [1.54, 1.807) is 39.1 Å². The number of nitrogens with zero attached hydrogens (tertiary/aromatic N) is 1. The lowest BCUT2D eigenvalue weighted by atomic mass is 9.92. The molecule has 4 nitrogen and oxygen atoms in total. The van der Waals surface area contributed by atoms with Gasteiger partial charge < -0.3 is 15.3 Å². The number of phenolic OH excluding ortho intramolecular Hbond substituents is 2. The number of benzene rings is 1. The molecule has 1 aromatic heterocycles. The van der Waals surface area contributed by atoms with E-state index < -0.39 is 6.10 Å². The van der Waals surface area contributed by atoms with E-state index in [1.807, 2.05) is 0 Å². The van der Waals surface area contributed by atoms with Crippen LogP contribution in [0, 0.1) is 20.8 Å². The molecule has 2 rings (SSSR count). The van der Waals surface area contributed by atoms with Crippen LogP contribution in [0.5, 0.6) is 11.5 Å². The highest BCUT2D eigenvalue weighted by Gasteiger charge is 2.23. The van der Waals surface area contributed by atoms with Gasteiger partial charge >= 0.3 is 0 Å². The van der Waals surface area contributed by atoms with E-state index >= 15 is 0 Å². The Kier molecular flexibility index (Phi) is 3.44. The molecule has 1 unspecified atom stereocenters. The van der Waals surface area contributed by atoms with Gasteiger partial charge in [-0.3, -0.25) is 4.98 Å². The van der Waals surface area contributed by atoms with Gasteiger partial charge in [0, 0.05) is 29.1 Å². The van der Waals surface area contributed by atoms with Crippen molar-refractivity contribution in [2.24, 2.45) is 0 Å². The third-order valence-corrected chi connectivity index (χ3v) is 3.56. The van der Waals surface area contributed by atoms with Crippen LogP contribution >= 0.6 is 0 Å². The Morgan fingerprint density at radius 3 is 2.21 bits per heavy atom. The van der Waals surface area contributed by atoms with Crippen molar-refractivity contribution in [2.45, 2.75) is 26.9 Å². The first-order chi connectivity index (χ1) is 8.95. The Bertz CT molecular complexity index is 580. The van der Waals surface area contributed by atoms with Gasteiger partial charge in [0.15, 0.2) is 0 Å². The largest absolute Gasteiger partial charge is 0.507 e. The summed E-state index contributed by atoms with van der Waals surface area (Å²) < 4.78 is 0. The van der Waals surface area contributed by atoms with Crippen LogP contribution < -0.4 is 0 Å². The lowest BCUT2D eigenvalue weighted by Gasteiger charge is -2.20. The van der Waals surface area contributed by atoms with Crippen molar-refractivity contribution < 1.29 is 15.3 Å². The van der Waals surface area contributed by atoms with Gasteiger partial charge in [-0.15, -0.1) is 0 Å². The molecule has 0 aliphatic rings. The van der Waals surface area contributed by atoms with E-state index in [0.29, 0.717) is 27.8 Å². The number of rotatable bonds is 2. The van der Waals surface area contributed by atoms with Gasteiger partial charge in [-0.25, -0.2) is 0 Å². The molecular weight excluding hydrogens is 242 g/mol. The molecule has 1 atom stereocenters. The smallest absolute Gasteiger partial charge is 0.125 e. The first kappa shape index (κ1) is 13.4. The van der Waals surface area contributed by atoms with Crippen molar-refractivity contribution in [1.82, 2.24) is 4.98 Å². The summed E-state index contributed by atoms with van der Waals surface area (Å²) in [4.78, 5) is 3.95. The summed E-state index contributed by atoms with van der Waals surface area (Å²) in [6, 6.07) is 3.44. The number of aliphatic hydroxyl groups excluding tert-OH is 1. The Morgan fingerprint density at radius 2 is 1.63 bits per heavy atom. The molecule has 2 aromatic rings. The molecule has 0 amide bonds. The fourth-order valence-electron chi connectivity index (χ4n) is 2.18. The number of pyridine rings is 1. The molecule has 0 radical (unpaired) electrons. The van der Waals surface area contributed by atoms with Crippen LogP contribution in [0.25, 0.3) is 0 Å². The Balaban J connectivity index is 2.64. The standard InChI is InChI=1S/C15H17NO3/c1-8-9(2)14(18)12(10(3)13(8)17)15(19)11-5-4-6-16-7-11/h4-7,15,17-19H,1-3H3. The zero-order valence-electron chi connectivity index (χ0n) is 11.2. The Morgan fingerprint density at radius 1 is 1.00 bits per heavy atom. The van der Waals surface area contributed by atoms with Crippen LogP contribution in [0.2, 0.25) is 0 Å². The SMILES string of the molecule is Cc1c(C)c(O)c(C(O)c2cccnc2)c(C)c1O. The van der Waals surface area contributed by atoms with Crippen LogP contribution in [0.1, 0.15) is 33.9 Å². The maximum atomic E-state index is 10.4. The molecule has 0 saturated heterocycles. The molecule has 0 saturated carbocycles. The van der Waals surface area contributed by atoms with E-state index in [9.17, 15) is 15.3 Å². The highest BCUT2D eigenvalue weighted by atomic mass is 16.3. The van der Waals surface area contributed by atoms with Crippen molar-refractivity contribution in [3.05, 3.63) is 52.3 Å².